The molecular weight excluding hydrogens is 265 g/mol. The molecule has 2 aromatic rings. The molecule has 1 saturated heterocycles. The molecule has 21 heavy (non-hydrogen) atoms. The van der Waals surface area contributed by atoms with Crippen molar-refractivity contribution in [2.24, 2.45) is 0 Å². The predicted octanol–water partition coefficient (Wildman–Crippen LogP) is 3.04. The highest BCUT2D eigenvalue weighted by molar-refractivity contribution is 5.69. The number of nitrogens with two attached hydrogens (primary N) is 1. The Kier molecular flexibility index (Phi) is 3.69. The van der Waals surface area contributed by atoms with E-state index in [4.69, 9.17) is 5.73 Å². The summed E-state index contributed by atoms with van der Waals surface area (Å²) in [5.41, 5.74) is 9.86. The molecule has 0 saturated carbocycles. The van der Waals surface area contributed by atoms with Crippen molar-refractivity contribution in [3.63, 3.8) is 0 Å². The summed E-state index contributed by atoms with van der Waals surface area (Å²) in [4.78, 5) is 4.37. The molecule has 1 heterocycles. The second-order valence-electron chi connectivity index (χ2n) is 5.49. The number of para-hydroxylation sites is 1. The van der Waals surface area contributed by atoms with Crippen LogP contribution in [-0.2, 0) is 0 Å². The first-order valence-electron chi connectivity index (χ1n) is 7.26. The molecule has 0 amide bonds. The first kappa shape index (κ1) is 13.7. The lowest BCUT2D eigenvalue weighted by molar-refractivity contribution is 0.598. The average molecular weight is 285 g/mol. The van der Waals surface area contributed by atoms with Crippen LogP contribution in [0.3, 0.4) is 0 Å². The van der Waals surface area contributed by atoms with E-state index in [0.717, 1.165) is 37.6 Å². The number of anilines is 3. The number of nitrogen functional groups attached to an aromatic ring is 1. The van der Waals surface area contributed by atoms with Crippen LogP contribution in [0.15, 0.2) is 42.5 Å². The van der Waals surface area contributed by atoms with E-state index in [1.54, 1.807) is 6.07 Å². The average Bonchev–Trinajstić information content (AvgIpc) is 2.50. The number of benzene rings is 2. The van der Waals surface area contributed by atoms with Crippen molar-refractivity contribution in [3.05, 3.63) is 53.8 Å². The minimum absolute atomic E-state index is 0.152. The minimum atomic E-state index is -0.152. The summed E-state index contributed by atoms with van der Waals surface area (Å²) >= 11 is 0. The largest absolute Gasteiger partial charge is 0.397 e. The highest BCUT2D eigenvalue weighted by Gasteiger charge is 2.20. The Morgan fingerprint density at radius 2 is 1.52 bits per heavy atom. The van der Waals surface area contributed by atoms with Gasteiger partial charge in [0.25, 0.3) is 0 Å². The van der Waals surface area contributed by atoms with Gasteiger partial charge in [-0.05, 0) is 36.8 Å². The van der Waals surface area contributed by atoms with Crippen molar-refractivity contribution in [2.75, 3.05) is 41.7 Å². The Hall–Kier alpha value is -2.23. The number of aryl methyl sites for hydroxylation is 1. The molecule has 1 aliphatic rings. The molecule has 0 spiro atoms. The third kappa shape index (κ3) is 2.79. The van der Waals surface area contributed by atoms with E-state index in [1.807, 2.05) is 24.3 Å². The fraction of sp³-hybridized carbons (Fsp3) is 0.294. The summed E-state index contributed by atoms with van der Waals surface area (Å²) in [5.74, 6) is -0.152. The van der Waals surface area contributed by atoms with E-state index < -0.39 is 0 Å². The zero-order valence-electron chi connectivity index (χ0n) is 12.2. The number of piperazine rings is 1. The Morgan fingerprint density at radius 1 is 0.905 bits per heavy atom. The van der Waals surface area contributed by atoms with E-state index in [9.17, 15) is 4.39 Å². The monoisotopic (exact) mass is 285 g/mol. The zero-order chi connectivity index (χ0) is 14.8. The van der Waals surface area contributed by atoms with Crippen molar-refractivity contribution in [3.8, 4) is 0 Å². The normalized spacial score (nSPS) is 15.3. The van der Waals surface area contributed by atoms with Gasteiger partial charge in [-0.2, -0.15) is 0 Å². The van der Waals surface area contributed by atoms with Crippen LogP contribution in [0, 0.1) is 12.7 Å². The third-order valence-corrected chi connectivity index (χ3v) is 4.00. The van der Waals surface area contributed by atoms with Gasteiger partial charge < -0.3 is 15.5 Å². The standard InChI is InChI=1S/C17H20FN3/c1-13-6-7-15(19)17(12-13)21-10-8-20(9-11-21)16-5-3-2-4-14(16)18/h2-7,12H,8-11,19H2,1H3. The van der Waals surface area contributed by atoms with Crippen LogP contribution in [-0.4, -0.2) is 26.2 Å². The van der Waals surface area contributed by atoms with Gasteiger partial charge in [-0.1, -0.05) is 18.2 Å². The summed E-state index contributed by atoms with van der Waals surface area (Å²) in [5, 5.41) is 0. The van der Waals surface area contributed by atoms with E-state index in [-0.39, 0.29) is 5.82 Å². The first-order chi connectivity index (χ1) is 10.1. The fourth-order valence-corrected chi connectivity index (χ4v) is 2.82. The molecule has 3 rings (SSSR count). The number of rotatable bonds is 2. The third-order valence-electron chi connectivity index (χ3n) is 4.00. The molecule has 1 aliphatic heterocycles. The van der Waals surface area contributed by atoms with Gasteiger partial charge in [-0.3, -0.25) is 0 Å². The highest BCUT2D eigenvalue weighted by atomic mass is 19.1. The molecular formula is C17H20FN3. The summed E-state index contributed by atoms with van der Waals surface area (Å²) in [6, 6.07) is 13.1. The lowest BCUT2D eigenvalue weighted by Gasteiger charge is -2.38. The summed E-state index contributed by atoms with van der Waals surface area (Å²) < 4.78 is 13.8. The number of halogens is 1. The van der Waals surface area contributed by atoms with Gasteiger partial charge in [0.2, 0.25) is 0 Å². The second kappa shape index (κ2) is 5.64. The van der Waals surface area contributed by atoms with Gasteiger partial charge in [0, 0.05) is 26.2 Å². The van der Waals surface area contributed by atoms with Crippen LogP contribution in [0.2, 0.25) is 0 Å². The number of nitrogens with zero attached hydrogens (tertiary/aromatic N) is 2. The number of hydrogen-bond acceptors (Lipinski definition) is 3. The molecule has 3 nitrogen and oxygen atoms in total. The molecule has 0 radical (unpaired) electrons. The second-order valence-corrected chi connectivity index (χ2v) is 5.49. The van der Waals surface area contributed by atoms with Crippen LogP contribution in [0.1, 0.15) is 5.56 Å². The first-order valence-corrected chi connectivity index (χ1v) is 7.26. The van der Waals surface area contributed by atoms with E-state index in [1.165, 1.54) is 11.6 Å². The van der Waals surface area contributed by atoms with Crippen molar-refractivity contribution in [2.45, 2.75) is 6.92 Å². The maximum Gasteiger partial charge on any atom is 0.146 e. The smallest absolute Gasteiger partial charge is 0.146 e. The van der Waals surface area contributed by atoms with Crippen LogP contribution in [0.4, 0.5) is 21.5 Å². The van der Waals surface area contributed by atoms with Gasteiger partial charge in [-0.15, -0.1) is 0 Å². The Balaban J connectivity index is 1.73. The molecule has 0 atom stereocenters. The lowest BCUT2D eigenvalue weighted by Crippen LogP contribution is -2.47. The molecule has 1 fully saturated rings. The summed E-state index contributed by atoms with van der Waals surface area (Å²) in [7, 11) is 0. The Labute approximate surface area is 124 Å². The molecule has 4 heteroatoms. The van der Waals surface area contributed by atoms with Crippen molar-refractivity contribution in [1.82, 2.24) is 0 Å². The van der Waals surface area contributed by atoms with Crippen LogP contribution in [0.25, 0.3) is 0 Å². The molecule has 2 aromatic carbocycles. The Bertz CT molecular complexity index is 634. The molecule has 110 valence electrons. The minimum Gasteiger partial charge on any atom is -0.397 e. The summed E-state index contributed by atoms with van der Waals surface area (Å²) in [6.07, 6.45) is 0. The van der Waals surface area contributed by atoms with E-state index in [0.29, 0.717) is 5.69 Å². The topological polar surface area (TPSA) is 32.5 Å². The molecule has 0 aromatic heterocycles. The van der Waals surface area contributed by atoms with Gasteiger partial charge >= 0.3 is 0 Å². The van der Waals surface area contributed by atoms with Crippen molar-refractivity contribution >= 4 is 17.1 Å². The van der Waals surface area contributed by atoms with Gasteiger partial charge in [0.05, 0.1) is 17.1 Å². The maximum atomic E-state index is 13.8. The molecule has 0 bridgehead atoms. The predicted molar refractivity (Wildman–Crippen MR) is 86.4 cm³/mol. The number of hydrogen-bond donors (Lipinski definition) is 1. The lowest BCUT2D eigenvalue weighted by atomic mass is 10.1. The van der Waals surface area contributed by atoms with Gasteiger partial charge in [0.1, 0.15) is 5.82 Å². The van der Waals surface area contributed by atoms with Gasteiger partial charge in [0.15, 0.2) is 0 Å². The Morgan fingerprint density at radius 3 is 2.19 bits per heavy atom. The highest BCUT2D eigenvalue weighted by Crippen LogP contribution is 2.27. The summed E-state index contributed by atoms with van der Waals surface area (Å²) in [6.45, 7) is 5.37. The van der Waals surface area contributed by atoms with Gasteiger partial charge in [-0.25, -0.2) is 4.39 Å². The van der Waals surface area contributed by atoms with Crippen LogP contribution < -0.4 is 15.5 Å². The zero-order valence-corrected chi connectivity index (χ0v) is 12.2. The molecule has 0 unspecified atom stereocenters. The van der Waals surface area contributed by atoms with Crippen molar-refractivity contribution in [1.29, 1.82) is 0 Å². The fourth-order valence-electron chi connectivity index (χ4n) is 2.82. The van der Waals surface area contributed by atoms with Crippen LogP contribution >= 0.6 is 0 Å². The van der Waals surface area contributed by atoms with E-state index in [2.05, 4.69) is 22.8 Å². The van der Waals surface area contributed by atoms with Crippen LogP contribution in [0.5, 0.6) is 0 Å². The molecule has 2 N–H and O–H groups in total. The SMILES string of the molecule is Cc1ccc(N)c(N2CCN(c3ccccc3F)CC2)c1. The quantitative estimate of drug-likeness (QED) is 0.861. The van der Waals surface area contributed by atoms with Crippen molar-refractivity contribution < 1.29 is 4.39 Å². The maximum absolute atomic E-state index is 13.8. The molecule has 0 aliphatic carbocycles. The van der Waals surface area contributed by atoms with E-state index >= 15 is 0 Å².